The summed E-state index contributed by atoms with van der Waals surface area (Å²) in [5, 5.41) is 0. The van der Waals surface area contributed by atoms with Crippen LogP contribution in [0, 0.1) is 0 Å². The molecule has 0 fully saturated rings. The van der Waals surface area contributed by atoms with Crippen molar-refractivity contribution < 1.29 is 22.6 Å². The van der Waals surface area contributed by atoms with Gasteiger partial charge in [-0.1, -0.05) is 66.7 Å². The topological polar surface area (TPSA) is 26.4 Å². The molecule has 6 rings (SSSR count). The van der Waals surface area contributed by atoms with Crippen LogP contribution in [-0.4, -0.2) is 22.1 Å². The van der Waals surface area contributed by atoms with E-state index in [1.165, 1.54) is 12.4 Å². The Bertz CT molecular complexity index is 1510. The second-order valence-electron chi connectivity index (χ2n) is 8.77. The molecule has 0 spiro atoms. The standard InChI is InChI=1S/C29H23BF2N2O2/c31-30(32)33-17-7-13-25(33)29(26-14-8-18-34(26)30)24-15-16-27(35-20-22-9-3-1-4-10-22)28(19-24)36-21-23-11-5-2-6-12-23/h1-19H,20-21H2. The molecule has 2 aliphatic heterocycles. The minimum atomic E-state index is -3.95. The Labute approximate surface area is 208 Å². The van der Waals surface area contributed by atoms with Crippen molar-refractivity contribution >= 4 is 18.8 Å². The molecule has 178 valence electrons. The summed E-state index contributed by atoms with van der Waals surface area (Å²) in [7, 11) is 0. The van der Waals surface area contributed by atoms with Crippen LogP contribution in [-0.2, 0) is 13.2 Å². The van der Waals surface area contributed by atoms with Gasteiger partial charge in [-0.05, 0) is 47.2 Å². The molecule has 0 saturated heterocycles. The number of allylic oxidation sites excluding steroid dienone is 2. The van der Waals surface area contributed by atoms with Crippen molar-refractivity contribution in [2.45, 2.75) is 13.2 Å². The Kier molecular flexibility index (Phi) is 5.53. The molecular formula is C29H23BF2N2O2. The fourth-order valence-corrected chi connectivity index (χ4v) is 4.68. The van der Waals surface area contributed by atoms with E-state index in [-0.39, 0.29) is 0 Å². The first kappa shape index (κ1) is 22.1. The molecule has 0 radical (unpaired) electrons. The molecule has 0 unspecified atom stereocenters. The maximum Gasteiger partial charge on any atom is 0.737 e. The molecule has 0 atom stereocenters. The Morgan fingerprint density at radius 2 is 1.42 bits per heavy atom. The van der Waals surface area contributed by atoms with Crippen molar-refractivity contribution in [2.24, 2.45) is 0 Å². The van der Waals surface area contributed by atoms with Crippen LogP contribution in [0.25, 0.3) is 5.57 Å². The number of halogens is 2. The lowest BCUT2D eigenvalue weighted by Gasteiger charge is -2.31. The van der Waals surface area contributed by atoms with Gasteiger partial charge >= 0.3 is 6.97 Å². The first-order valence-electron chi connectivity index (χ1n) is 11.8. The smallest absolute Gasteiger partial charge is 0.485 e. The van der Waals surface area contributed by atoms with E-state index in [0.717, 1.165) is 31.2 Å². The predicted octanol–water partition coefficient (Wildman–Crippen LogP) is 6.29. The summed E-state index contributed by atoms with van der Waals surface area (Å²) in [5.41, 5.74) is 4.49. The van der Waals surface area contributed by atoms with Gasteiger partial charge in [0.25, 0.3) is 0 Å². The normalized spacial score (nSPS) is 15.3. The highest BCUT2D eigenvalue weighted by Crippen LogP contribution is 2.41. The van der Waals surface area contributed by atoms with Crippen LogP contribution in [0.3, 0.4) is 0 Å². The monoisotopic (exact) mass is 480 g/mol. The molecular weight excluding hydrogens is 457 g/mol. The van der Waals surface area contributed by atoms with Crippen molar-refractivity contribution in [1.29, 1.82) is 0 Å². The third kappa shape index (κ3) is 3.92. The Morgan fingerprint density at radius 1 is 0.750 bits per heavy atom. The third-order valence-electron chi connectivity index (χ3n) is 6.45. The molecule has 36 heavy (non-hydrogen) atoms. The maximum atomic E-state index is 15.2. The number of nitrogens with zero attached hydrogens (tertiary/aromatic N) is 2. The molecule has 7 heteroatoms. The van der Waals surface area contributed by atoms with E-state index < -0.39 is 6.97 Å². The number of ether oxygens (including phenoxy) is 2. The SMILES string of the molecule is F[B-]1(F)n2cccc2C(c2ccc(OCc3ccccc3)c(OCc3ccccc3)c2)=C2C=CC=[N+]21. The second-order valence-corrected chi connectivity index (χ2v) is 8.77. The zero-order valence-corrected chi connectivity index (χ0v) is 19.4. The van der Waals surface area contributed by atoms with Gasteiger partial charge < -0.3 is 27.1 Å². The summed E-state index contributed by atoms with van der Waals surface area (Å²) in [4.78, 5) is 0. The number of hydrogen-bond acceptors (Lipinski definition) is 2. The van der Waals surface area contributed by atoms with E-state index in [0.29, 0.717) is 36.1 Å². The van der Waals surface area contributed by atoms with Gasteiger partial charge in [0.15, 0.2) is 17.2 Å². The zero-order chi connectivity index (χ0) is 24.5. The van der Waals surface area contributed by atoms with Crippen LogP contribution in [0.15, 0.2) is 115 Å². The minimum Gasteiger partial charge on any atom is -0.485 e. The molecule has 1 aromatic heterocycles. The molecule has 0 N–H and O–H groups in total. The van der Waals surface area contributed by atoms with Crippen LogP contribution in [0.2, 0.25) is 0 Å². The van der Waals surface area contributed by atoms with Crippen molar-refractivity contribution in [3.05, 3.63) is 137 Å². The number of hydrogen-bond donors (Lipinski definition) is 0. The Morgan fingerprint density at radius 3 is 2.11 bits per heavy atom. The van der Waals surface area contributed by atoms with Crippen LogP contribution >= 0.6 is 0 Å². The van der Waals surface area contributed by atoms with Gasteiger partial charge in [-0.25, -0.2) is 0 Å². The zero-order valence-electron chi connectivity index (χ0n) is 19.4. The predicted molar refractivity (Wildman–Crippen MR) is 137 cm³/mol. The lowest BCUT2D eigenvalue weighted by molar-refractivity contribution is -0.356. The summed E-state index contributed by atoms with van der Waals surface area (Å²) < 4.78 is 44.9. The Balaban J connectivity index is 1.40. The first-order valence-corrected chi connectivity index (χ1v) is 11.8. The Hall–Kier alpha value is -4.39. The van der Waals surface area contributed by atoms with Crippen LogP contribution in [0.1, 0.15) is 22.4 Å². The van der Waals surface area contributed by atoms with E-state index >= 15 is 8.63 Å². The second kappa shape index (κ2) is 9.00. The maximum absolute atomic E-state index is 15.2. The summed E-state index contributed by atoms with van der Waals surface area (Å²) in [5.74, 6) is 1.15. The number of rotatable bonds is 7. The van der Waals surface area contributed by atoms with Crippen LogP contribution in [0.4, 0.5) is 8.63 Å². The van der Waals surface area contributed by atoms with Crippen LogP contribution < -0.4 is 9.47 Å². The number of aromatic nitrogens is 1. The van der Waals surface area contributed by atoms with Crippen molar-refractivity contribution in [3.63, 3.8) is 0 Å². The lowest BCUT2D eigenvalue weighted by Crippen LogP contribution is -2.49. The number of benzene rings is 3. The van der Waals surface area contributed by atoms with Crippen molar-refractivity contribution in [3.8, 4) is 11.5 Å². The van der Waals surface area contributed by atoms with E-state index in [4.69, 9.17) is 9.47 Å². The highest BCUT2D eigenvalue weighted by Gasteiger charge is 2.51. The fourth-order valence-electron chi connectivity index (χ4n) is 4.68. The van der Waals surface area contributed by atoms with E-state index in [1.54, 1.807) is 24.3 Å². The highest BCUT2D eigenvalue weighted by atomic mass is 19.2. The van der Waals surface area contributed by atoms with Gasteiger partial charge in [-0.15, -0.1) is 0 Å². The molecule has 0 saturated carbocycles. The third-order valence-corrected chi connectivity index (χ3v) is 6.45. The summed E-state index contributed by atoms with van der Waals surface area (Å²) >= 11 is 0. The molecule has 4 nitrogen and oxygen atoms in total. The van der Waals surface area contributed by atoms with E-state index in [9.17, 15) is 0 Å². The van der Waals surface area contributed by atoms with Gasteiger partial charge in [0.1, 0.15) is 19.4 Å². The first-order chi connectivity index (χ1) is 17.6. The van der Waals surface area contributed by atoms with Gasteiger partial charge in [0.05, 0.1) is 5.57 Å². The number of fused-ring (bicyclic) bond motifs is 2. The largest absolute Gasteiger partial charge is 0.737 e. The molecule has 0 amide bonds. The molecule has 0 bridgehead atoms. The van der Waals surface area contributed by atoms with Gasteiger partial charge in [0.2, 0.25) is 0 Å². The van der Waals surface area contributed by atoms with Gasteiger partial charge in [0, 0.05) is 17.8 Å². The van der Waals surface area contributed by atoms with Gasteiger partial charge in [-0.2, -0.15) is 0 Å². The summed E-state index contributed by atoms with van der Waals surface area (Å²) in [6, 6.07) is 28.8. The molecule has 4 aromatic rings. The average molecular weight is 480 g/mol. The van der Waals surface area contributed by atoms with E-state index in [2.05, 4.69) is 0 Å². The summed E-state index contributed by atoms with van der Waals surface area (Å²) in [6.07, 6.45) is 6.25. The quantitative estimate of drug-likeness (QED) is 0.291. The summed E-state index contributed by atoms with van der Waals surface area (Å²) in [6.45, 7) is -3.20. The molecule has 3 aromatic carbocycles. The lowest BCUT2D eigenvalue weighted by atomic mass is 9.86. The van der Waals surface area contributed by atoms with Gasteiger partial charge in [-0.3, -0.25) is 0 Å². The van der Waals surface area contributed by atoms with Crippen molar-refractivity contribution in [2.75, 3.05) is 0 Å². The molecule has 3 heterocycles. The van der Waals surface area contributed by atoms with E-state index in [1.807, 2.05) is 78.9 Å². The highest BCUT2D eigenvalue weighted by molar-refractivity contribution is 6.57. The molecule has 2 aliphatic rings. The average Bonchev–Trinajstić information content (AvgIpc) is 3.60. The van der Waals surface area contributed by atoms with Crippen molar-refractivity contribution in [1.82, 2.24) is 4.48 Å². The molecule has 0 aliphatic carbocycles. The minimum absolute atomic E-state index is 0.356. The van der Waals surface area contributed by atoms with Crippen LogP contribution in [0.5, 0.6) is 11.5 Å². The fraction of sp³-hybridized carbons (Fsp3) is 0.0690.